The van der Waals surface area contributed by atoms with Crippen LogP contribution in [0.2, 0.25) is 0 Å². The zero-order valence-electron chi connectivity index (χ0n) is 19.5. The van der Waals surface area contributed by atoms with Gasteiger partial charge in [0.25, 0.3) is 0 Å². The van der Waals surface area contributed by atoms with Crippen LogP contribution >= 0.6 is 0 Å². The molecule has 2 aliphatic rings. The van der Waals surface area contributed by atoms with Crippen molar-refractivity contribution < 1.29 is 28.5 Å². The zero-order valence-corrected chi connectivity index (χ0v) is 19.5. The van der Waals surface area contributed by atoms with E-state index in [1.807, 2.05) is 0 Å². The quantitative estimate of drug-likeness (QED) is 0.413. The number of nitrogens with zero attached hydrogens (tertiary/aromatic N) is 2. The van der Waals surface area contributed by atoms with E-state index in [2.05, 4.69) is 4.90 Å². The Hall–Kier alpha value is -3.26. The number of rotatable bonds is 9. The fourth-order valence-corrected chi connectivity index (χ4v) is 3.94. The van der Waals surface area contributed by atoms with E-state index in [0.717, 1.165) is 13.0 Å². The minimum atomic E-state index is -0.663. The van der Waals surface area contributed by atoms with E-state index in [4.69, 9.17) is 18.9 Å². The first-order chi connectivity index (χ1) is 16.1. The molecule has 0 bridgehead atoms. The Morgan fingerprint density at radius 1 is 0.939 bits per heavy atom. The second kappa shape index (κ2) is 12.1. The van der Waals surface area contributed by atoms with Gasteiger partial charge in [-0.2, -0.15) is 0 Å². The molecule has 0 N–H and O–H groups in total. The normalized spacial score (nSPS) is 16.4. The number of likely N-dealkylation sites (tertiary alicyclic amines) is 1. The lowest BCUT2D eigenvalue weighted by Gasteiger charge is -2.26. The number of ether oxygens (including phenoxy) is 4. The van der Waals surface area contributed by atoms with Crippen molar-refractivity contribution in [2.75, 3.05) is 52.5 Å². The highest BCUT2D eigenvalue weighted by Crippen LogP contribution is 2.35. The molecule has 1 aromatic rings. The second-order valence-corrected chi connectivity index (χ2v) is 7.76. The van der Waals surface area contributed by atoms with Gasteiger partial charge in [-0.25, -0.2) is 9.59 Å². The summed E-state index contributed by atoms with van der Waals surface area (Å²) in [5.74, 6) is -0.155. The van der Waals surface area contributed by atoms with Gasteiger partial charge in [0.1, 0.15) is 5.70 Å². The maximum Gasteiger partial charge on any atom is 0.355 e. The number of carbonyl (C=O) groups is 2. The van der Waals surface area contributed by atoms with Gasteiger partial charge in [0, 0.05) is 24.5 Å². The van der Waals surface area contributed by atoms with Crippen LogP contribution in [0.3, 0.4) is 0 Å². The summed E-state index contributed by atoms with van der Waals surface area (Å²) in [4.78, 5) is 29.0. The van der Waals surface area contributed by atoms with Crippen LogP contribution in [0.1, 0.15) is 25.7 Å². The van der Waals surface area contributed by atoms with E-state index < -0.39 is 11.9 Å². The number of carbonyl (C=O) groups excluding carboxylic acids is 2. The molecule has 0 amide bonds. The molecular weight excluding hydrogens is 424 g/mol. The Kier molecular flexibility index (Phi) is 8.95. The molecular formula is C25H32N2O6. The van der Waals surface area contributed by atoms with Crippen molar-refractivity contribution >= 4 is 17.6 Å². The van der Waals surface area contributed by atoms with E-state index in [9.17, 15) is 9.59 Å². The molecule has 8 nitrogen and oxygen atoms in total. The molecule has 0 radical (unpaired) electrons. The molecule has 0 unspecified atom stereocenters. The van der Waals surface area contributed by atoms with Gasteiger partial charge in [0.05, 0.1) is 33.5 Å². The van der Waals surface area contributed by atoms with Crippen LogP contribution < -0.4 is 14.4 Å². The molecule has 3 rings (SSSR count). The van der Waals surface area contributed by atoms with E-state index in [0.29, 0.717) is 23.8 Å². The van der Waals surface area contributed by atoms with Gasteiger partial charge in [-0.15, -0.1) is 0 Å². The third-order valence-corrected chi connectivity index (χ3v) is 5.64. The molecule has 1 aromatic carbocycles. The first-order valence-corrected chi connectivity index (χ1v) is 11.2. The number of anilines is 1. The number of allylic oxidation sites excluding steroid dienone is 2. The van der Waals surface area contributed by atoms with Crippen molar-refractivity contribution in [2.45, 2.75) is 25.7 Å². The van der Waals surface area contributed by atoms with Crippen LogP contribution in [-0.4, -0.2) is 64.4 Å². The fraction of sp³-hybridized carbons (Fsp3) is 0.440. The minimum Gasteiger partial charge on any atom is -0.493 e. The molecule has 178 valence electrons. The zero-order chi connectivity index (χ0) is 23.6. The van der Waals surface area contributed by atoms with E-state index in [1.54, 1.807) is 48.6 Å². The predicted octanol–water partition coefficient (Wildman–Crippen LogP) is 3.44. The number of esters is 2. The summed E-state index contributed by atoms with van der Waals surface area (Å²) < 4.78 is 21.3. The summed E-state index contributed by atoms with van der Waals surface area (Å²) in [5, 5.41) is 0. The van der Waals surface area contributed by atoms with Gasteiger partial charge in [0.2, 0.25) is 0 Å². The maximum atomic E-state index is 12.6. The standard InChI is InChI=1S/C25H32N2O6/c1-30-22-18-19(11-12-21(22)33-17-9-15-26-13-6-4-7-14-26)27-16-8-5-10-20(24(28)31-2)23(27)25(29)32-3/h5,8,10-12,16,18H,4,6-7,9,13-15,17H2,1-3H3. The van der Waals surface area contributed by atoms with Gasteiger partial charge >= 0.3 is 11.9 Å². The fourth-order valence-electron chi connectivity index (χ4n) is 3.94. The second-order valence-electron chi connectivity index (χ2n) is 7.76. The maximum absolute atomic E-state index is 12.6. The van der Waals surface area contributed by atoms with Crippen molar-refractivity contribution in [3.63, 3.8) is 0 Å². The third kappa shape index (κ3) is 6.16. The van der Waals surface area contributed by atoms with Crippen LogP contribution in [0.15, 0.2) is 53.9 Å². The average Bonchev–Trinajstić information content (AvgIpc) is 3.09. The topological polar surface area (TPSA) is 77.5 Å². The van der Waals surface area contributed by atoms with Crippen molar-refractivity contribution in [3.8, 4) is 11.5 Å². The summed E-state index contributed by atoms with van der Waals surface area (Å²) in [6.45, 7) is 3.94. The first kappa shape index (κ1) is 24.4. The molecule has 0 aliphatic carbocycles. The number of hydrogen-bond acceptors (Lipinski definition) is 8. The summed E-state index contributed by atoms with van der Waals surface area (Å²) in [7, 11) is 4.10. The summed E-state index contributed by atoms with van der Waals surface area (Å²) in [5.41, 5.74) is 0.743. The van der Waals surface area contributed by atoms with Crippen LogP contribution in [0.5, 0.6) is 11.5 Å². The van der Waals surface area contributed by atoms with Crippen molar-refractivity contribution in [1.82, 2.24) is 4.90 Å². The number of hydrogen-bond donors (Lipinski definition) is 0. The van der Waals surface area contributed by atoms with E-state index >= 15 is 0 Å². The highest BCUT2D eigenvalue weighted by molar-refractivity contribution is 6.05. The van der Waals surface area contributed by atoms with Crippen LogP contribution in [-0.2, 0) is 19.1 Å². The molecule has 8 heteroatoms. The Bertz CT molecular complexity index is 931. The molecule has 0 atom stereocenters. The Labute approximate surface area is 195 Å². The summed E-state index contributed by atoms with van der Waals surface area (Å²) in [6, 6.07) is 5.36. The Balaban J connectivity index is 1.78. The number of piperidine rings is 1. The monoisotopic (exact) mass is 456 g/mol. The largest absolute Gasteiger partial charge is 0.493 e. The SMILES string of the molecule is COC(=O)C1=C(C(=O)OC)N(c2ccc(OCCCN3CCCCC3)c(OC)c2)C=CC=C1. The van der Waals surface area contributed by atoms with Crippen molar-refractivity contribution in [3.05, 3.63) is 53.9 Å². The van der Waals surface area contributed by atoms with Gasteiger partial charge in [0.15, 0.2) is 11.5 Å². The third-order valence-electron chi connectivity index (χ3n) is 5.64. The van der Waals surface area contributed by atoms with Crippen molar-refractivity contribution in [1.29, 1.82) is 0 Å². The van der Waals surface area contributed by atoms with Crippen molar-refractivity contribution in [2.24, 2.45) is 0 Å². The molecule has 1 saturated heterocycles. The lowest BCUT2D eigenvalue weighted by atomic mass is 10.1. The molecule has 2 heterocycles. The predicted molar refractivity (Wildman–Crippen MR) is 125 cm³/mol. The minimum absolute atomic E-state index is 0.0478. The van der Waals surface area contributed by atoms with Crippen LogP contribution in [0, 0.1) is 0 Å². The van der Waals surface area contributed by atoms with Gasteiger partial charge in [-0.3, -0.25) is 0 Å². The Morgan fingerprint density at radius 2 is 1.70 bits per heavy atom. The number of benzene rings is 1. The molecule has 0 saturated carbocycles. The molecule has 2 aliphatic heterocycles. The lowest BCUT2D eigenvalue weighted by molar-refractivity contribution is -0.139. The smallest absolute Gasteiger partial charge is 0.355 e. The van der Waals surface area contributed by atoms with E-state index in [-0.39, 0.29) is 11.3 Å². The van der Waals surface area contributed by atoms with Gasteiger partial charge < -0.3 is 28.7 Å². The number of methoxy groups -OCH3 is 3. The molecule has 33 heavy (non-hydrogen) atoms. The van der Waals surface area contributed by atoms with Gasteiger partial charge in [-0.05, 0) is 56.6 Å². The lowest BCUT2D eigenvalue weighted by Crippen LogP contribution is -2.31. The van der Waals surface area contributed by atoms with Crippen LogP contribution in [0.4, 0.5) is 5.69 Å². The Morgan fingerprint density at radius 3 is 2.39 bits per heavy atom. The summed E-state index contributed by atoms with van der Waals surface area (Å²) in [6.07, 6.45) is 11.4. The highest BCUT2D eigenvalue weighted by atomic mass is 16.5. The highest BCUT2D eigenvalue weighted by Gasteiger charge is 2.28. The average molecular weight is 457 g/mol. The van der Waals surface area contributed by atoms with Crippen LogP contribution in [0.25, 0.3) is 0 Å². The molecule has 0 spiro atoms. The molecule has 1 fully saturated rings. The van der Waals surface area contributed by atoms with Gasteiger partial charge in [-0.1, -0.05) is 12.5 Å². The summed E-state index contributed by atoms with van der Waals surface area (Å²) >= 11 is 0. The van der Waals surface area contributed by atoms with E-state index in [1.165, 1.54) is 52.6 Å². The molecule has 0 aromatic heterocycles. The first-order valence-electron chi connectivity index (χ1n) is 11.2.